The highest BCUT2D eigenvalue weighted by Gasteiger charge is 2.19. The van der Waals surface area contributed by atoms with Crippen molar-refractivity contribution in [1.29, 1.82) is 0 Å². The van der Waals surface area contributed by atoms with Gasteiger partial charge in [-0.3, -0.25) is 0 Å². The van der Waals surface area contributed by atoms with Crippen molar-refractivity contribution in [1.82, 2.24) is 0 Å². The molecule has 0 bridgehead atoms. The summed E-state index contributed by atoms with van der Waals surface area (Å²) in [5, 5.41) is 6.62. The maximum atomic E-state index is 9.34. The van der Waals surface area contributed by atoms with Crippen LogP contribution in [0.2, 0.25) is 0 Å². The third-order valence-electron chi connectivity index (χ3n) is 9.28. The van der Waals surface area contributed by atoms with E-state index in [9.17, 15) is 5.48 Å². The molecule has 0 amide bonds. The van der Waals surface area contributed by atoms with Crippen molar-refractivity contribution in [2.75, 3.05) is 0 Å². The Bertz CT molecular complexity index is 3220. The zero-order valence-electron chi connectivity index (χ0n) is 33.0. The maximum absolute atomic E-state index is 9.34. The molecule has 0 atom stereocenters. The Morgan fingerprint density at radius 2 is 0.915 bits per heavy atom. The van der Waals surface area contributed by atoms with Crippen molar-refractivity contribution in [3.63, 3.8) is 0 Å². The summed E-state index contributed by atoms with van der Waals surface area (Å²) < 4.78 is 78.5. The summed E-state index contributed by atoms with van der Waals surface area (Å²) in [6, 6.07) is 36.5. The van der Waals surface area contributed by atoms with E-state index in [1.165, 1.54) is 0 Å². The summed E-state index contributed by atoms with van der Waals surface area (Å²) in [5.74, 6) is 0. The fraction of sp³-hybridized carbons (Fsp3) is 0. The molecule has 1 heteroatoms. The van der Waals surface area contributed by atoms with E-state index in [0.29, 0.717) is 22.3 Å². The molecular formula is C46H28O. The molecule has 1 nitrogen and oxygen atoms in total. The molecule has 47 heavy (non-hydrogen) atoms. The van der Waals surface area contributed by atoms with Gasteiger partial charge in [0.25, 0.3) is 0 Å². The average Bonchev–Trinajstić information content (AvgIpc) is 3.57. The molecule has 10 rings (SSSR count). The van der Waals surface area contributed by atoms with Crippen molar-refractivity contribution >= 4 is 65.0 Å². The summed E-state index contributed by atoms with van der Waals surface area (Å²) in [6.45, 7) is 0. The highest BCUT2D eigenvalue weighted by atomic mass is 16.3. The third-order valence-corrected chi connectivity index (χ3v) is 9.28. The molecular weight excluding hydrogens is 569 g/mol. The Labute approximate surface area is 283 Å². The molecule has 0 N–H and O–H groups in total. The molecule has 0 spiro atoms. The molecule has 10 aromatic rings. The minimum atomic E-state index is -0.424. The fourth-order valence-electron chi connectivity index (χ4n) is 7.19. The molecule has 0 fully saturated rings. The van der Waals surface area contributed by atoms with E-state index in [1.54, 1.807) is 24.3 Å². The van der Waals surface area contributed by atoms with Crippen LogP contribution in [-0.4, -0.2) is 0 Å². The minimum absolute atomic E-state index is 0.193. The Balaban J connectivity index is 1.33. The fourth-order valence-corrected chi connectivity index (χ4v) is 7.19. The molecule has 1 heterocycles. The topological polar surface area (TPSA) is 13.1 Å². The highest BCUT2D eigenvalue weighted by molar-refractivity contribution is 6.24. The van der Waals surface area contributed by atoms with Gasteiger partial charge in [-0.25, -0.2) is 0 Å². The summed E-state index contributed by atoms with van der Waals surface area (Å²) in [6.07, 6.45) is 0. The van der Waals surface area contributed by atoms with Crippen LogP contribution in [0.25, 0.3) is 98.4 Å². The quantitative estimate of drug-likeness (QED) is 0.183. The number of furan rings is 1. The summed E-state index contributed by atoms with van der Waals surface area (Å²) in [7, 11) is 0. The van der Waals surface area contributed by atoms with E-state index < -0.39 is 24.2 Å². The molecule has 1 aromatic heterocycles. The lowest BCUT2D eigenvalue weighted by Gasteiger charge is -2.19. The summed E-state index contributed by atoms with van der Waals surface area (Å²) in [4.78, 5) is 0. The van der Waals surface area contributed by atoms with Crippen LogP contribution in [0.5, 0.6) is 0 Å². The van der Waals surface area contributed by atoms with Crippen LogP contribution < -0.4 is 0 Å². The van der Waals surface area contributed by atoms with Crippen LogP contribution in [0.15, 0.2) is 174 Å². The van der Waals surface area contributed by atoms with Crippen molar-refractivity contribution < 1.29 is 15.4 Å². The van der Waals surface area contributed by atoms with Gasteiger partial charge in [0.05, 0.1) is 11.0 Å². The van der Waals surface area contributed by atoms with Crippen LogP contribution in [0.1, 0.15) is 11.0 Å². The SMILES string of the molecule is [2H]c1c([2H])c([2H])c2c(-c3ccc(-c4ccc5oc6cc7ccccc7cc6c5c4)c4ccccc34)c3c([2H])c([2H])c([2H])c([2H])c3c(-c3ccccc3)c2c1[2H]. The van der Waals surface area contributed by atoms with Gasteiger partial charge >= 0.3 is 0 Å². The standard InChI is InChI=1S/C46H28O/c1-2-12-29(13-3-1)45-36-18-8-10-20-38(36)46(39-21-11-9-19-37(39)45)40-24-23-33(34-16-6-7-17-35(34)40)32-22-25-43-41(27-32)42-26-30-14-4-5-15-31(30)28-44(42)47-43/h1-28H/i8D,9D,10D,11D,18D,19D,20D,21D. The Kier molecular flexibility index (Phi) is 4.19. The predicted molar refractivity (Wildman–Crippen MR) is 200 cm³/mol. The number of hydrogen-bond donors (Lipinski definition) is 0. The Hall–Kier alpha value is -6.18. The van der Waals surface area contributed by atoms with E-state index >= 15 is 0 Å². The van der Waals surface area contributed by atoms with Crippen molar-refractivity contribution in [2.24, 2.45) is 0 Å². The molecule has 0 aliphatic carbocycles. The summed E-state index contributed by atoms with van der Waals surface area (Å²) >= 11 is 0. The number of hydrogen-bond acceptors (Lipinski definition) is 1. The summed E-state index contributed by atoms with van der Waals surface area (Å²) in [5.41, 5.74) is 5.28. The molecule has 0 aliphatic heterocycles. The van der Waals surface area contributed by atoms with Gasteiger partial charge in [0.2, 0.25) is 0 Å². The first kappa shape index (κ1) is 19.4. The predicted octanol–water partition coefficient (Wildman–Crippen LogP) is 13.2. The Morgan fingerprint density at radius 3 is 1.62 bits per heavy atom. The first-order chi connectivity index (χ1) is 26.6. The first-order valence-corrected chi connectivity index (χ1v) is 15.5. The Morgan fingerprint density at radius 1 is 0.362 bits per heavy atom. The van der Waals surface area contributed by atoms with E-state index in [-0.39, 0.29) is 45.7 Å². The molecule has 0 unspecified atom stereocenters. The van der Waals surface area contributed by atoms with Crippen LogP contribution in [0.4, 0.5) is 0 Å². The molecule has 0 aliphatic rings. The van der Waals surface area contributed by atoms with Crippen LogP contribution in [-0.2, 0) is 0 Å². The number of fused-ring (bicyclic) bond motifs is 7. The van der Waals surface area contributed by atoms with Gasteiger partial charge in [-0.05, 0) is 101 Å². The normalized spacial score (nSPS) is 14.2. The van der Waals surface area contributed by atoms with Gasteiger partial charge < -0.3 is 4.42 Å². The van der Waals surface area contributed by atoms with Crippen LogP contribution in [0, 0.1) is 0 Å². The van der Waals surface area contributed by atoms with Crippen molar-refractivity contribution in [3.8, 4) is 33.4 Å². The third kappa shape index (κ3) is 3.97. The number of rotatable bonds is 3. The van der Waals surface area contributed by atoms with Crippen molar-refractivity contribution in [3.05, 3.63) is 170 Å². The van der Waals surface area contributed by atoms with Gasteiger partial charge in [0, 0.05) is 10.8 Å². The molecule has 218 valence electrons. The number of benzene rings is 9. The van der Waals surface area contributed by atoms with E-state index in [0.717, 1.165) is 54.6 Å². The van der Waals surface area contributed by atoms with Crippen LogP contribution in [0.3, 0.4) is 0 Å². The van der Waals surface area contributed by atoms with Gasteiger partial charge in [-0.1, -0.05) is 145 Å². The lowest BCUT2D eigenvalue weighted by Crippen LogP contribution is -1.92. The first-order valence-electron chi connectivity index (χ1n) is 19.5. The zero-order chi connectivity index (χ0) is 37.9. The second kappa shape index (κ2) is 10.2. The van der Waals surface area contributed by atoms with Gasteiger partial charge in [-0.2, -0.15) is 0 Å². The lowest BCUT2D eigenvalue weighted by atomic mass is 9.84. The maximum Gasteiger partial charge on any atom is 0.136 e. The van der Waals surface area contributed by atoms with E-state index in [1.807, 2.05) is 66.7 Å². The monoisotopic (exact) mass is 604 g/mol. The van der Waals surface area contributed by atoms with Gasteiger partial charge in [-0.15, -0.1) is 0 Å². The molecule has 0 saturated carbocycles. The minimum Gasteiger partial charge on any atom is -0.456 e. The zero-order valence-corrected chi connectivity index (χ0v) is 25.0. The smallest absolute Gasteiger partial charge is 0.136 e. The second-order valence-corrected chi connectivity index (χ2v) is 11.8. The second-order valence-electron chi connectivity index (χ2n) is 11.8. The largest absolute Gasteiger partial charge is 0.456 e. The van der Waals surface area contributed by atoms with E-state index in [2.05, 4.69) is 30.3 Å². The van der Waals surface area contributed by atoms with Gasteiger partial charge in [0.15, 0.2) is 0 Å². The highest BCUT2D eigenvalue weighted by Crippen LogP contribution is 2.46. The molecule has 9 aromatic carbocycles. The van der Waals surface area contributed by atoms with E-state index in [4.69, 9.17) is 9.90 Å². The van der Waals surface area contributed by atoms with Crippen molar-refractivity contribution in [2.45, 2.75) is 0 Å². The van der Waals surface area contributed by atoms with Crippen LogP contribution >= 0.6 is 0 Å². The lowest BCUT2D eigenvalue weighted by molar-refractivity contribution is 0.669. The average molecular weight is 605 g/mol. The molecule has 0 saturated heterocycles. The van der Waals surface area contributed by atoms with Gasteiger partial charge in [0.1, 0.15) is 11.2 Å². The molecule has 0 radical (unpaired) electrons.